The molecule has 1 heterocycles. The summed E-state index contributed by atoms with van der Waals surface area (Å²) in [7, 11) is 2.26. The summed E-state index contributed by atoms with van der Waals surface area (Å²) >= 11 is 0. The first kappa shape index (κ1) is 12.0. The quantitative estimate of drug-likeness (QED) is 0.730. The summed E-state index contributed by atoms with van der Waals surface area (Å²) in [5.74, 6) is 1.51. The second-order valence-corrected chi connectivity index (χ2v) is 5.04. The number of nitrogens with zero attached hydrogens (tertiary/aromatic N) is 1. The fourth-order valence-electron chi connectivity index (χ4n) is 3.03. The van der Waals surface area contributed by atoms with Crippen LogP contribution in [0.1, 0.15) is 34.1 Å². The molecule has 3 atom stereocenters. The van der Waals surface area contributed by atoms with Gasteiger partial charge in [0.2, 0.25) is 0 Å². The summed E-state index contributed by atoms with van der Waals surface area (Å²) in [5, 5.41) is 3.65. The zero-order chi connectivity index (χ0) is 10.7. The molecule has 1 N–H and O–H groups in total. The van der Waals surface area contributed by atoms with E-state index in [2.05, 4.69) is 45.0 Å². The zero-order valence-electron chi connectivity index (χ0n) is 10.4. The van der Waals surface area contributed by atoms with Crippen molar-refractivity contribution in [2.75, 3.05) is 20.1 Å². The van der Waals surface area contributed by atoms with E-state index in [1.807, 2.05) is 0 Å². The Morgan fingerprint density at radius 1 is 1.43 bits per heavy atom. The van der Waals surface area contributed by atoms with Crippen LogP contribution in [0.15, 0.2) is 0 Å². The predicted molar refractivity (Wildman–Crippen MR) is 62.5 cm³/mol. The van der Waals surface area contributed by atoms with Crippen molar-refractivity contribution < 1.29 is 0 Å². The molecule has 0 amide bonds. The molecule has 0 saturated carbocycles. The Hall–Kier alpha value is -0.0800. The molecule has 2 heteroatoms. The highest BCUT2D eigenvalue weighted by Gasteiger charge is 2.31. The molecule has 1 aliphatic rings. The smallest absolute Gasteiger partial charge is 0.0156 e. The average molecular weight is 198 g/mol. The third-order valence-corrected chi connectivity index (χ3v) is 3.68. The normalized spacial score (nSPS) is 36.0. The second kappa shape index (κ2) is 5.13. The van der Waals surface area contributed by atoms with Gasteiger partial charge in [0.25, 0.3) is 0 Å². The summed E-state index contributed by atoms with van der Waals surface area (Å²) in [6.07, 6.45) is 1.25. The molecule has 0 aliphatic carbocycles. The van der Waals surface area contributed by atoms with E-state index < -0.39 is 0 Å². The van der Waals surface area contributed by atoms with Crippen LogP contribution >= 0.6 is 0 Å². The molecule has 0 aromatic rings. The first-order chi connectivity index (χ1) is 6.57. The lowest BCUT2D eigenvalue weighted by Crippen LogP contribution is -2.44. The van der Waals surface area contributed by atoms with Crippen molar-refractivity contribution in [2.45, 2.75) is 46.2 Å². The van der Waals surface area contributed by atoms with E-state index in [0.717, 1.165) is 24.4 Å². The molecule has 0 bridgehead atoms. The van der Waals surface area contributed by atoms with E-state index in [1.54, 1.807) is 0 Å². The largest absolute Gasteiger partial charge is 0.312 e. The van der Waals surface area contributed by atoms with E-state index in [9.17, 15) is 0 Å². The molecule has 0 aromatic heterocycles. The Balaban J connectivity index is 2.74. The highest BCUT2D eigenvalue weighted by Crippen LogP contribution is 2.24. The molecular weight excluding hydrogens is 172 g/mol. The van der Waals surface area contributed by atoms with Gasteiger partial charge in [-0.1, -0.05) is 27.7 Å². The Morgan fingerprint density at radius 2 is 2.07 bits per heavy atom. The topological polar surface area (TPSA) is 15.3 Å². The average Bonchev–Trinajstić information content (AvgIpc) is 2.24. The summed E-state index contributed by atoms with van der Waals surface area (Å²) in [6, 6.07) is 1.43. The van der Waals surface area contributed by atoms with Gasteiger partial charge in [-0.3, -0.25) is 0 Å². The van der Waals surface area contributed by atoms with Crippen molar-refractivity contribution in [3.63, 3.8) is 0 Å². The third kappa shape index (κ3) is 2.48. The van der Waals surface area contributed by atoms with Gasteiger partial charge < -0.3 is 10.2 Å². The fraction of sp³-hybridized carbons (Fsp3) is 1.00. The lowest BCUT2D eigenvalue weighted by Gasteiger charge is -2.36. The van der Waals surface area contributed by atoms with Crippen LogP contribution in [0.5, 0.6) is 0 Å². The number of nitrogens with one attached hydrogen (secondary N) is 1. The minimum absolute atomic E-state index is 0.701. The molecule has 0 radical (unpaired) electrons. The van der Waals surface area contributed by atoms with Crippen LogP contribution < -0.4 is 5.32 Å². The summed E-state index contributed by atoms with van der Waals surface area (Å²) in [6.45, 7) is 11.7. The van der Waals surface area contributed by atoms with Crippen molar-refractivity contribution in [1.82, 2.24) is 10.2 Å². The Kier molecular flexibility index (Phi) is 4.39. The summed E-state index contributed by atoms with van der Waals surface area (Å²) in [5.41, 5.74) is 0. The highest BCUT2D eigenvalue weighted by atomic mass is 15.2. The first-order valence-electron chi connectivity index (χ1n) is 6.01. The van der Waals surface area contributed by atoms with E-state index in [0.29, 0.717) is 6.04 Å². The van der Waals surface area contributed by atoms with Crippen molar-refractivity contribution in [2.24, 2.45) is 11.8 Å². The van der Waals surface area contributed by atoms with Crippen molar-refractivity contribution in [3.05, 3.63) is 0 Å². The van der Waals surface area contributed by atoms with Crippen LogP contribution in [-0.4, -0.2) is 37.1 Å². The van der Waals surface area contributed by atoms with Crippen LogP contribution in [0.3, 0.4) is 0 Å². The lowest BCUT2D eigenvalue weighted by atomic mass is 9.85. The van der Waals surface area contributed by atoms with E-state index in [4.69, 9.17) is 0 Å². The molecule has 1 fully saturated rings. The van der Waals surface area contributed by atoms with Crippen molar-refractivity contribution in [1.29, 1.82) is 0 Å². The minimum atomic E-state index is 0.701. The maximum absolute atomic E-state index is 3.65. The van der Waals surface area contributed by atoms with Crippen molar-refractivity contribution in [3.8, 4) is 0 Å². The number of rotatable bonds is 2. The first-order valence-corrected chi connectivity index (χ1v) is 6.01. The molecule has 1 saturated heterocycles. The van der Waals surface area contributed by atoms with Gasteiger partial charge in [-0.15, -0.1) is 0 Å². The Morgan fingerprint density at radius 3 is 2.57 bits per heavy atom. The summed E-state index contributed by atoms with van der Waals surface area (Å²) in [4.78, 5) is 2.53. The monoisotopic (exact) mass is 198 g/mol. The standard InChI is InChI=1S/C12H26N2/c1-6-11-10(4)12(9(2)3)14(5)8-7-13-11/h9-13H,6-8H2,1-5H3. The van der Waals surface area contributed by atoms with Crippen LogP contribution in [0.4, 0.5) is 0 Å². The maximum atomic E-state index is 3.65. The molecule has 84 valence electrons. The van der Waals surface area contributed by atoms with Gasteiger partial charge in [0.1, 0.15) is 0 Å². The molecule has 14 heavy (non-hydrogen) atoms. The second-order valence-electron chi connectivity index (χ2n) is 5.04. The molecule has 0 spiro atoms. The molecule has 2 nitrogen and oxygen atoms in total. The van der Waals surface area contributed by atoms with E-state index >= 15 is 0 Å². The fourth-order valence-corrected chi connectivity index (χ4v) is 3.03. The molecule has 1 aliphatic heterocycles. The van der Waals surface area contributed by atoms with Crippen LogP contribution in [0.2, 0.25) is 0 Å². The molecule has 3 unspecified atom stereocenters. The summed E-state index contributed by atoms with van der Waals surface area (Å²) < 4.78 is 0. The van der Waals surface area contributed by atoms with Crippen LogP contribution in [-0.2, 0) is 0 Å². The number of hydrogen-bond donors (Lipinski definition) is 1. The molecular formula is C12H26N2. The minimum Gasteiger partial charge on any atom is -0.312 e. The highest BCUT2D eigenvalue weighted by molar-refractivity contribution is 4.88. The van der Waals surface area contributed by atoms with Gasteiger partial charge in [-0.2, -0.15) is 0 Å². The molecule has 0 aromatic carbocycles. The van der Waals surface area contributed by atoms with Crippen LogP contribution in [0, 0.1) is 11.8 Å². The Labute approximate surface area is 89.1 Å². The Bertz CT molecular complexity index is 168. The maximum Gasteiger partial charge on any atom is 0.0156 e. The van der Waals surface area contributed by atoms with Gasteiger partial charge in [0, 0.05) is 25.2 Å². The lowest BCUT2D eigenvalue weighted by molar-refractivity contribution is 0.142. The predicted octanol–water partition coefficient (Wildman–Crippen LogP) is 1.96. The number of likely N-dealkylation sites (N-methyl/N-ethyl adjacent to an activating group) is 1. The van der Waals surface area contributed by atoms with Gasteiger partial charge in [0.15, 0.2) is 0 Å². The van der Waals surface area contributed by atoms with Gasteiger partial charge in [-0.25, -0.2) is 0 Å². The van der Waals surface area contributed by atoms with E-state index in [1.165, 1.54) is 13.0 Å². The van der Waals surface area contributed by atoms with E-state index in [-0.39, 0.29) is 0 Å². The number of hydrogen-bond acceptors (Lipinski definition) is 2. The van der Waals surface area contributed by atoms with Gasteiger partial charge in [-0.05, 0) is 25.3 Å². The zero-order valence-corrected chi connectivity index (χ0v) is 10.4. The van der Waals surface area contributed by atoms with Crippen LogP contribution in [0.25, 0.3) is 0 Å². The SMILES string of the molecule is CCC1NCCN(C)C(C(C)C)C1C. The molecule has 1 rings (SSSR count). The van der Waals surface area contributed by atoms with Gasteiger partial charge in [0.05, 0.1) is 0 Å². The van der Waals surface area contributed by atoms with Gasteiger partial charge >= 0.3 is 0 Å². The van der Waals surface area contributed by atoms with Crippen molar-refractivity contribution >= 4 is 0 Å². The third-order valence-electron chi connectivity index (χ3n) is 3.68.